The lowest BCUT2D eigenvalue weighted by Gasteiger charge is -2.07. The maximum Gasteiger partial charge on any atom is 0.236 e. The van der Waals surface area contributed by atoms with Crippen LogP contribution in [0.2, 0.25) is 0 Å². The predicted octanol–water partition coefficient (Wildman–Crippen LogP) is 1.31. The monoisotopic (exact) mass is 366 g/mol. The summed E-state index contributed by atoms with van der Waals surface area (Å²) in [7, 11) is 0. The zero-order valence-corrected chi connectivity index (χ0v) is 14.6. The summed E-state index contributed by atoms with van der Waals surface area (Å²) in [5.41, 5.74) is 2.43. The molecule has 1 fully saturated rings. The van der Waals surface area contributed by atoms with E-state index in [2.05, 4.69) is 30.7 Å². The van der Waals surface area contributed by atoms with Gasteiger partial charge in [0.2, 0.25) is 5.91 Å². The fourth-order valence-corrected chi connectivity index (χ4v) is 3.11. The number of amides is 1. The van der Waals surface area contributed by atoms with Gasteiger partial charge in [0.05, 0.1) is 28.9 Å². The Kier molecular flexibility index (Phi) is 4.32. The minimum Gasteiger partial charge on any atom is -0.303 e. The van der Waals surface area contributed by atoms with Crippen LogP contribution in [0.25, 0.3) is 11.5 Å². The van der Waals surface area contributed by atoms with Crippen molar-refractivity contribution in [2.24, 2.45) is 10.2 Å². The molecule has 0 bridgehead atoms. The van der Waals surface area contributed by atoms with Crippen molar-refractivity contribution in [3.05, 3.63) is 54.2 Å². The number of hydrogen-bond acceptors (Lipinski definition) is 7. The molecule has 3 heterocycles. The highest BCUT2D eigenvalue weighted by Crippen LogP contribution is 2.20. The molecule has 1 aliphatic rings. The second-order valence-electron chi connectivity index (χ2n) is 5.40. The summed E-state index contributed by atoms with van der Waals surface area (Å²) in [6.07, 6.45) is 4.67. The normalized spacial score (nSPS) is 15.9. The molecule has 1 aliphatic heterocycles. The molecule has 1 aromatic carbocycles. The molecule has 3 aromatic rings. The molecule has 1 amide bonds. The number of hydrogen-bond donors (Lipinski definition) is 1. The van der Waals surface area contributed by atoms with Crippen LogP contribution in [-0.2, 0) is 4.79 Å². The van der Waals surface area contributed by atoms with Crippen molar-refractivity contribution in [1.29, 1.82) is 0 Å². The Morgan fingerprint density at radius 1 is 1.31 bits per heavy atom. The summed E-state index contributed by atoms with van der Waals surface area (Å²) in [6.45, 7) is 1.89. The van der Waals surface area contributed by atoms with Gasteiger partial charge >= 0.3 is 0 Å². The number of nitrogens with one attached hydrogen (secondary N) is 1. The van der Waals surface area contributed by atoms with E-state index in [0.717, 1.165) is 16.9 Å². The van der Waals surface area contributed by atoms with Crippen LogP contribution in [0.15, 0.2) is 53.2 Å². The quantitative estimate of drug-likeness (QED) is 0.554. The van der Waals surface area contributed by atoms with E-state index in [1.54, 1.807) is 21.9 Å². The Morgan fingerprint density at radius 3 is 2.85 bits per heavy atom. The van der Waals surface area contributed by atoms with E-state index < -0.39 is 0 Å². The van der Waals surface area contributed by atoms with Crippen molar-refractivity contribution in [3.63, 3.8) is 0 Å². The highest BCUT2D eigenvalue weighted by atomic mass is 32.2. The zero-order chi connectivity index (χ0) is 17.9. The molecule has 0 atom stereocenters. The van der Waals surface area contributed by atoms with Crippen molar-refractivity contribution < 1.29 is 4.79 Å². The molecule has 0 spiro atoms. The van der Waals surface area contributed by atoms with Crippen LogP contribution < -0.4 is 5.32 Å². The average molecular weight is 366 g/mol. The van der Waals surface area contributed by atoms with Gasteiger partial charge in [-0.2, -0.15) is 15.3 Å². The third kappa shape index (κ3) is 3.14. The van der Waals surface area contributed by atoms with Crippen LogP contribution in [0.1, 0.15) is 11.3 Å². The number of thioether (sulfide) groups is 1. The van der Waals surface area contributed by atoms with Crippen molar-refractivity contribution >= 4 is 29.1 Å². The minimum atomic E-state index is -0.0691. The van der Waals surface area contributed by atoms with Crippen LogP contribution in [0.5, 0.6) is 0 Å². The first-order valence-corrected chi connectivity index (χ1v) is 8.74. The first-order chi connectivity index (χ1) is 12.7. The number of nitrogens with zero attached hydrogens (tertiary/aromatic N) is 7. The smallest absolute Gasteiger partial charge is 0.236 e. The van der Waals surface area contributed by atoms with E-state index in [0.29, 0.717) is 16.7 Å². The first-order valence-electron chi connectivity index (χ1n) is 7.76. The van der Waals surface area contributed by atoms with Gasteiger partial charge in [0.15, 0.2) is 11.0 Å². The van der Waals surface area contributed by atoms with Gasteiger partial charge in [-0.1, -0.05) is 30.0 Å². The van der Waals surface area contributed by atoms with Gasteiger partial charge in [-0.05, 0) is 19.1 Å². The van der Waals surface area contributed by atoms with Gasteiger partial charge in [0, 0.05) is 0 Å². The Labute approximate surface area is 152 Å². The van der Waals surface area contributed by atoms with Crippen LogP contribution in [0.4, 0.5) is 0 Å². The summed E-state index contributed by atoms with van der Waals surface area (Å²) in [4.78, 5) is 15.2. The lowest BCUT2D eigenvalue weighted by atomic mass is 10.2. The van der Waals surface area contributed by atoms with Crippen molar-refractivity contribution in [2.75, 3.05) is 5.75 Å². The highest BCUT2D eigenvalue weighted by molar-refractivity contribution is 8.15. The molecule has 1 saturated heterocycles. The summed E-state index contributed by atoms with van der Waals surface area (Å²) in [5.74, 6) is 1.00. The van der Waals surface area contributed by atoms with E-state index in [-0.39, 0.29) is 5.91 Å². The molecule has 0 saturated carbocycles. The van der Waals surface area contributed by atoms with Crippen LogP contribution >= 0.6 is 11.8 Å². The summed E-state index contributed by atoms with van der Waals surface area (Å²) in [6, 6.07) is 9.74. The number of aryl methyl sites for hydroxylation is 1. The average Bonchev–Trinajstić information content (AvgIpc) is 3.37. The molecule has 4 rings (SSSR count). The summed E-state index contributed by atoms with van der Waals surface area (Å²) in [5, 5.41) is 20.1. The molecule has 2 aromatic heterocycles. The van der Waals surface area contributed by atoms with Crippen LogP contribution in [0.3, 0.4) is 0 Å². The third-order valence-corrected chi connectivity index (χ3v) is 4.50. The Bertz CT molecular complexity index is 991. The number of aromatic nitrogens is 5. The van der Waals surface area contributed by atoms with Gasteiger partial charge in [-0.25, -0.2) is 14.3 Å². The third-order valence-electron chi connectivity index (χ3n) is 3.64. The number of carbonyl (C=O) groups excluding carboxylic acids is 1. The maximum atomic E-state index is 11.2. The topological polar surface area (TPSA) is 102 Å². The summed E-state index contributed by atoms with van der Waals surface area (Å²) < 4.78 is 3.41. The van der Waals surface area contributed by atoms with E-state index in [9.17, 15) is 4.79 Å². The number of rotatable bonds is 4. The molecule has 0 unspecified atom stereocenters. The first kappa shape index (κ1) is 16.2. The lowest BCUT2D eigenvalue weighted by Crippen LogP contribution is -2.19. The van der Waals surface area contributed by atoms with Gasteiger partial charge in [-0.3, -0.25) is 4.79 Å². The molecular weight excluding hydrogens is 352 g/mol. The van der Waals surface area contributed by atoms with Crippen LogP contribution in [0, 0.1) is 6.92 Å². The van der Waals surface area contributed by atoms with Gasteiger partial charge in [0.25, 0.3) is 0 Å². The maximum absolute atomic E-state index is 11.2. The van der Waals surface area contributed by atoms with Crippen molar-refractivity contribution in [3.8, 4) is 11.5 Å². The Hall–Kier alpha value is -3.27. The van der Waals surface area contributed by atoms with Crippen molar-refractivity contribution in [2.45, 2.75) is 6.92 Å². The summed E-state index contributed by atoms with van der Waals surface area (Å²) >= 11 is 1.32. The highest BCUT2D eigenvalue weighted by Gasteiger charge is 2.18. The Morgan fingerprint density at radius 2 is 2.15 bits per heavy atom. The van der Waals surface area contributed by atoms with Crippen molar-refractivity contribution in [1.82, 2.24) is 29.9 Å². The number of benzene rings is 1. The molecular formula is C16H14N8OS. The molecule has 9 nitrogen and oxygen atoms in total. The van der Waals surface area contributed by atoms with Gasteiger partial charge < -0.3 is 5.32 Å². The number of amidine groups is 1. The SMILES string of the molecule is Cc1nn(-c2ccccc2)c(-n2cncn2)c1C=N/N=C1/NC(=O)CS1. The second kappa shape index (κ2) is 6.92. The predicted molar refractivity (Wildman–Crippen MR) is 98.8 cm³/mol. The molecule has 0 radical (unpaired) electrons. The van der Waals surface area contributed by atoms with Crippen LogP contribution in [-0.4, -0.2) is 47.6 Å². The van der Waals surface area contributed by atoms with Gasteiger partial charge in [-0.15, -0.1) is 5.10 Å². The molecule has 130 valence electrons. The number of carbonyl (C=O) groups is 1. The fourth-order valence-electron chi connectivity index (χ4n) is 2.48. The van der Waals surface area contributed by atoms with E-state index in [1.165, 1.54) is 18.1 Å². The standard InChI is InChI=1S/C16H14N8OS/c1-11-13(7-18-21-16-20-14(25)8-26-16)15(23-10-17-9-19-23)24(22-11)12-5-3-2-4-6-12/h2-7,9-10H,8H2,1H3,(H,20,21,25). The fraction of sp³-hybridized carbons (Fsp3) is 0.125. The zero-order valence-electron chi connectivity index (χ0n) is 13.8. The van der Waals surface area contributed by atoms with Gasteiger partial charge in [0.1, 0.15) is 12.7 Å². The van der Waals surface area contributed by atoms with E-state index in [1.807, 2.05) is 37.3 Å². The van der Waals surface area contributed by atoms with E-state index >= 15 is 0 Å². The minimum absolute atomic E-state index is 0.0691. The lowest BCUT2D eigenvalue weighted by molar-refractivity contribution is -0.116. The second-order valence-corrected chi connectivity index (χ2v) is 6.36. The number of para-hydroxylation sites is 1. The molecule has 1 N–H and O–H groups in total. The molecule has 26 heavy (non-hydrogen) atoms. The Balaban J connectivity index is 1.77. The van der Waals surface area contributed by atoms with E-state index in [4.69, 9.17) is 0 Å². The molecule has 10 heteroatoms. The molecule has 0 aliphatic carbocycles. The largest absolute Gasteiger partial charge is 0.303 e.